The molecule has 0 fully saturated rings. The minimum Gasteiger partial charge on any atom is -0.491 e. The van der Waals surface area contributed by atoms with Crippen LogP contribution in [0.15, 0.2) is 47.5 Å². The van der Waals surface area contributed by atoms with Crippen molar-refractivity contribution in [2.45, 2.75) is 13.1 Å². The second-order valence-electron chi connectivity index (χ2n) is 5.95. The highest BCUT2D eigenvalue weighted by atomic mass is 127. The van der Waals surface area contributed by atoms with Gasteiger partial charge in [0.25, 0.3) is 0 Å². The lowest BCUT2D eigenvalue weighted by molar-refractivity contribution is 0.146. The number of rotatable bonds is 8. The van der Waals surface area contributed by atoms with Crippen LogP contribution in [0, 0.1) is 0 Å². The molecular weight excluding hydrogens is 473 g/mol. The molecule has 0 amide bonds. The highest BCUT2D eigenvalue weighted by Gasteiger charge is 2.13. The second kappa shape index (κ2) is 11.6. The summed E-state index contributed by atoms with van der Waals surface area (Å²) >= 11 is 0. The van der Waals surface area contributed by atoms with Crippen molar-refractivity contribution >= 4 is 29.9 Å². The van der Waals surface area contributed by atoms with Crippen LogP contribution in [0.4, 0.5) is 0 Å². The average molecular weight is 499 g/mol. The van der Waals surface area contributed by atoms with Crippen molar-refractivity contribution in [3.63, 3.8) is 0 Å². The summed E-state index contributed by atoms with van der Waals surface area (Å²) in [7, 11) is 3.41. The van der Waals surface area contributed by atoms with E-state index in [1.165, 1.54) is 0 Å². The van der Waals surface area contributed by atoms with E-state index in [9.17, 15) is 0 Å². The smallest absolute Gasteiger partial charge is 0.231 e. The van der Waals surface area contributed by atoms with Gasteiger partial charge in [0.15, 0.2) is 17.5 Å². The van der Waals surface area contributed by atoms with Crippen LogP contribution in [0.2, 0.25) is 0 Å². The van der Waals surface area contributed by atoms with Crippen molar-refractivity contribution in [1.29, 1.82) is 0 Å². The summed E-state index contributed by atoms with van der Waals surface area (Å²) < 4.78 is 21.3. The highest BCUT2D eigenvalue weighted by Crippen LogP contribution is 2.32. The fourth-order valence-corrected chi connectivity index (χ4v) is 2.59. The number of hydrogen-bond donors (Lipinski definition) is 2. The number of hydrogen-bond acceptors (Lipinski definition) is 5. The summed E-state index contributed by atoms with van der Waals surface area (Å²) in [6, 6.07) is 13.9. The van der Waals surface area contributed by atoms with Crippen LogP contribution in [-0.2, 0) is 17.8 Å². The third-order valence-corrected chi connectivity index (χ3v) is 4.06. The van der Waals surface area contributed by atoms with Crippen LogP contribution < -0.4 is 24.8 Å². The standard InChI is InChI=1S/C20H25N3O4.HI/c1-21-20(23-13-16-5-8-18-19(11-16)27-14-26-18)22-12-15-3-6-17(7-4-15)25-10-9-24-2;/h3-8,11H,9-10,12-14H2,1-2H3,(H2,21,22,23);1H. The predicted octanol–water partition coefficient (Wildman–Crippen LogP) is 2.92. The fraction of sp³-hybridized carbons (Fsp3) is 0.350. The molecule has 1 aliphatic heterocycles. The van der Waals surface area contributed by atoms with E-state index in [-0.39, 0.29) is 30.8 Å². The normalized spacial score (nSPS) is 12.3. The Balaban J connectivity index is 0.00000280. The van der Waals surface area contributed by atoms with Crippen molar-refractivity contribution in [3.8, 4) is 17.2 Å². The van der Waals surface area contributed by atoms with E-state index in [1.54, 1.807) is 14.2 Å². The Morgan fingerprint density at radius 1 is 0.964 bits per heavy atom. The lowest BCUT2D eigenvalue weighted by atomic mass is 10.2. The topological polar surface area (TPSA) is 73.3 Å². The summed E-state index contributed by atoms with van der Waals surface area (Å²) in [5, 5.41) is 6.60. The van der Waals surface area contributed by atoms with Crippen LogP contribution >= 0.6 is 24.0 Å². The van der Waals surface area contributed by atoms with Gasteiger partial charge in [0, 0.05) is 27.2 Å². The number of fused-ring (bicyclic) bond motifs is 1. The fourth-order valence-electron chi connectivity index (χ4n) is 2.59. The van der Waals surface area contributed by atoms with Crippen LogP contribution in [0.25, 0.3) is 0 Å². The highest BCUT2D eigenvalue weighted by molar-refractivity contribution is 14.0. The molecule has 1 aliphatic rings. The minimum atomic E-state index is 0. The lowest BCUT2D eigenvalue weighted by Crippen LogP contribution is -2.36. The number of halogens is 1. The molecule has 0 aliphatic carbocycles. The Morgan fingerprint density at radius 3 is 2.36 bits per heavy atom. The van der Waals surface area contributed by atoms with Gasteiger partial charge in [0.2, 0.25) is 6.79 Å². The Bertz CT molecular complexity index is 769. The molecule has 0 saturated carbocycles. The van der Waals surface area contributed by atoms with E-state index < -0.39 is 0 Å². The molecule has 152 valence electrons. The van der Waals surface area contributed by atoms with Gasteiger partial charge in [-0.2, -0.15) is 0 Å². The molecule has 0 aromatic heterocycles. The molecular formula is C20H26IN3O4. The Morgan fingerprint density at radius 2 is 1.64 bits per heavy atom. The SMILES string of the molecule is CN=C(NCc1ccc(OCCOC)cc1)NCc1ccc2c(c1)OCO2.I. The summed E-state index contributed by atoms with van der Waals surface area (Å²) in [5.74, 6) is 3.13. The number of guanidine groups is 1. The van der Waals surface area contributed by atoms with E-state index in [4.69, 9.17) is 18.9 Å². The zero-order valence-corrected chi connectivity index (χ0v) is 18.4. The maximum Gasteiger partial charge on any atom is 0.231 e. The first kappa shape index (κ1) is 22.1. The second-order valence-corrected chi connectivity index (χ2v) is 5.95. The molecule has 1 heterocycles. The lowest BCUT2D eigenvalue weighted by Gasteiger charge is -2.13. The first-order chi connectivity index (χ1) is 13.3. The number of benzene rings is 2. The molecule has 2 aromatic carbocycles. The minimum absolute atomic E-state index is 0. The third kappa shape index (κ3) is 6.45. The number of nitrogens with zero attached hydrogens (tertiary/aromatic N) is 1. The Labute approximate surface area is 182 Å². The van der Waals surface area contributed by atoms with Gasteiger partial charge < -0.3 is 29.6 Å². The van der Waals surface area contributed by atoms with Crippen molar-refractivity contribution in [1.82, 2.24) is 10.6 Å². The van der Waals surface area contributed by atoms with Crippen molar-refractivity contribution in [2.75, 3.05) is 34.2 Å². The van der Waals surface area contributed by atoms with Crippen molar-refractivity contribution < 1.29 is 18.9 Å². The van der Waals surface area contributed by atoms with E-state index in [0.717, 1.165) is 34.3 Å². The quantitative estimate of drug-likeness (QED) is 0.252. The molecule has 3 rings (SSSR count). The van der Waals surface area contributed by atoms with Crippen LogP contribution in [0.1, 0.15) is 11.1 Å². The van der Waals surface area contributed by atoms with Crippen molar-refractivity contribution in [2.24, 2.45) is 4.99 Å². The maximum atomic E-state index is 5.57. The maximum absolute atomic E-state index is 5.57. The monoisotopic (exact) mass is 499 g/mol. The zero-order chi connectivity index (χ0) is 18.9. The first-order valence-electron chi connectivity index (χ1n) is 8.82. The Hall–Kier alpha value is -2.20. The molecule has 0 unspecified atom stereocenters. The van der Waals surface area contributed by atoms with Gasteiger partial charge in [-0.25, -0.2) is 0 Å². The molecule has 0 bridgehead atoms. The summed E-state index contributed by atoms with van der Waals surface area (Å²) in [4.78, 5) is 4.26. The van der Waals surface area contributed by atoms with Gasteiger partial charge in [-0.1, -0.05) is 18.2 Å². The molecule has 28 heavy (non-hydrogen) atoms. The number of ether oxygens (including phenoxy) is 4. The van der Waals surface area contributed by atoms with Gasteiger partial charge in [-0.3, -0.25) is 4.99 Å². The van der Waals surface area contributed by atoms with E-state index in [1.807, 2.05) is 42.5 Å². The number of nitrogens with one attached hydrogen (secondary N) is 2. The molecule has 0 radical (unpaired) electrons. The van der Waals surface area contributed by atoms with Gasteiger partial charge in [-0.15, -0.1) is 24.0 Å². The average Bonchev–Trinajstić information content (AvgIpc) is 3.17. The molecule has 0 spiro atoms. The van der Waals surface area contributed by atoms with Gasteiger partial charge in [-0.05, 0) is 35.4 Å². The predicted molar refractivity (Wildman–Crippen MR) is 119 cm³/mol. The van der Waals surface area contributed by atoms with E-state index in [2.05, 4.69) is 15.6 Å². The van der Waals surface area contributed by atoms with Gasteiger partial charge in [0.05, 0.1) is 6.61 Å². The molecule has 7 nitrogen and oxygen atoms in total. The molecule has 2 N–H and O–H groups in total. The van der Waals surface area contributed by atoms with Crippen LogP contribution in [-0.4, -0.2) is 40.1 Å². The van der Waals surface area contributed by atoms with E-state index >= 15 is 0 Å². The molecule has 0 saturated heterocycles. The van der Waals surface area contributed by atoms with Crippen LogP contribution in [0.3, 0.4) is 0 Å². The third-order valence-electron chi connectivity index (χ3n) is 4.06. The van der Waals surface area contributed by atoms with Gasteiger partial charge in [0.1, 0.15) is 12.4 Å². The summed E-state index contributed by atoms with van der Waals surface area (Å²) in [6.45, 7) is 2.71. The number of aliphatic imine (C=N–C) groups is 1. The van der Waals surface area contributed by atoms with Crippen molar-refractivity contribution in [3.05, 3.63) is 53.6 Å². The number of methoxy groups -OCH3 is 1. The summed E-state index contributed by atoms with van der Waals surface area (Å²) in [6.07, 6.45) is 0. The molecule has 2 aromatic rings. The molecule has 8 heteroatoms. The zero-order valence-electron chi connectivity index (χ0n) is 16.1. The first-order valence-corrected chi connectivity index (χ1v) is 8.82. The largest absolute Gasteiger partial charge is 0.491 e. The Kier molecular flexibility index (Phi) is 9.15. The summed E-state index contributed by atoms with van der Waals surface area (Å²) in [5.41, 5.74) is 2.24. The van der Waals surface area contributed by atoms with Crippen LogP contribution in [0.5, 0.6) is 17.2 Å². The van der Waals surface area contributed by atoms with Gasteiger partial charge >= 0.3 is 0 Å². The molecule has 0 atom stereocenters. The van der Waals surface area contributed by atoms with E-state index in [0.29, 0.717) is 26.3 Å².